The highest BCUT2D eigenvalue weighted by Gasteiger charge is 1.93. The fourth-order valence-corrected chi connectivity index (χ4v) is 1.48. The number of hydrogen-bond donors (Lipinski definition) is 1. The van der Waals surface area contributed by atoms with E-state index in [9.17, 15) is 0 Å². The Bertz CT molecular complexity index is 229. The van der Waals surface area contributed by atoms with Crippen molar-refractivity contribution in [1.29, 1.82) is 0 Å². The number of aryl methyl sites for hydroxylation is 1. The summed E-state index contributed by atoms with van der Waals surface area (Å²) in [6, 6.07) is 0. The highest BCUT2D eigenvalue weighted by molar-refractivity contribution is 4.73. The summed E-state index contributed by atoms with van der Waals surface area (Å²) in [5.74, 6) is 0.809. The summed E-state index contributed by atoms with van der Waals surface area (Å²) in [4.78, 5) is 4.02. The van der Waals surface area contributed by atoms with Crippen LogP contribution in [0.1, 0.15) is 33.1 Å². The van der Waals surface area contributed by atoms with E-state index in [0.717, 1.165) is 25.6 Å². The van der Waals surface area contributed by atoms with E-state index < -0.39 is 0 Å². The molecule has 3 heteroatoms. The highest BCUT2D eigenvalue weighted by Crippen LogP contribution is 1.97. The largest absolute Gasteiger partial charge is 0.337 e. The Balaban J connectivity index is 1.85. The van der Waals surface area contributed by atoms with E-state index in [1.165, 1.54) is 19.3 Å². The van der Waals surface area contributed by atoms with Gasteiger partial charge in [0, 0.05) is 18.9 Å². The molecule has 0 amide bonds. The zero-order chi connectivity index (χ0) is 10.9. The van der Waals surface area contributed by atoms with Gasteiger partial charge in [-0.15, -0.1) is 0 Å². The van der Waals surface area contributed by atoms with Gasteiger partial charge in [-0.25, -0.2) is 4.98 Å². The van der Waals surface area contributed by atoms with Crippen molar-refractivity contribution < 1.29 is 0 Å². The summed E-state index contributed by atoms with van der Waals surface area (Å²) in [7, 11) is 0. The number of nitrogens with zero attached hydrogens (tertiary/aromatic N) is 2. The molecule has 0 aliphatic carbocycles. The smallest absolute Gasteiger partial charge is 0.0945 e. The highest BCUT2D eigenvalue weighted by atomic mass is 15.0. The minimum Gasteiger partial charge on any atom is -0.337 e. The van der Waals surface area contributed by atoms with Crippen LogP contribution in [0.2, 0.25) is 0 Å². The Hall–Kier alpha value is -0.830. The number of imidazole rings is 1. The average molecular weight is 209 g/mol. The van der Waals surface area contributed by atoms with Crippen LogP contribution in [0.5, 0.6) is 0 Å². The van der Waals surface area contributed by atoms with Crippen LogP contribution < -0.4 is 5.32 Å². The Morgan fingerprint density at radius 1 is 1.27 bits per heavy atom. The van der Waals surface area contributed by atoms with Gasteiger partial charge in [0.25, 0.3) is 0 Å². The van der Waals surface area contributed by atoms with Gasteiger partial charge in [-0.05, 0) is 38.3 Å². The lowest BCUT2D eigenvalue weighted by Gasteiger charge is -2.06. The van der Waals surface area contributed by atoms with Gasteiger partial charge < -0.3 is 9.88 Å². The lowest BCUT2D eigenvalue weighted by Crippen LogP contribution is -2.18. The summed E-state index contributed by atoms with van der Waals surface area (Å²) >= 11 is 0. The van der Waals surface area contributed by atoms with Gasteiger partial charge >= 0.3 is 0 Å². The molecule has 0 atom stereocenters. The van der Waals surface area contributed by atoms with Crippen LogP contribution >= 0.6 is 0 Å². The fourth-order valence-electron chi connectivity index (χ4n) is 1.48. The molecule has 0 saturated carbocycles. The molecule has 1 aromatic heterocycles. The Kier molecular flexibility index (Phi) is 6.09. The Labute approximate surface area is 92.9 Å². The van der Waals surface area contributed by atoms with Crippen molar-refractivity contribution >= 4 is 0 Å². The van der Waals surface area contributed by atoms with Gasteiger partial charge in [-0.1, -0.05) is 13.8 Å². The van der Waals surface area contributed by atoms with Crippen LogP contribution in [0.3, 0.4) is 0 Å². The Morgan fingerprint density at radius 2 is 2.13 bits per heavy atom. The molecule has 1 aromatic rings. The quantitative estimate of drug-likeness (QED) is 0.666. The lowest BCUT2D eigenvalue weighted by molar-refractivity contribution is 0.516. The third-order valence-corrected chi connectivity index (χ3v) is 2.48. The number of unbranched alkanes of at least 4 members (excludes halogenated alkanes) is 1. The first kappa shape index (κ1) is 12.2. The second-order valence-electron chi connectivity index (χ2n) is 4.44. The summed E-state index contributed by atoms with van der Waals surface area (Å²) in [6.07, 6.45) is 9.49. The van der Waals surface area contributed by atoms with Gasteiger partial charge in [0.05, 0.1) is 6.33 Å². The summed E-state index contributed by atoms with van der Waals surface area (Å²) in [5.41, 5.74) is 0. The molecule has 86 valence electrons. The molecule has 1 N–H and O–H groups in total. The van der Waals surface area contributed by atoms with E-state index in [2.05, 4.69) is 28.7 Å². The van der Waals surface area contributed by atoms with Crippen molar-refractivity contribution in [2.24, 2.45) is 5.92 Å². The molecule has 0 bridgehead atoms. The molecule has 0 radical (unpaired) electrons. The lowest BCUT2D eigenvalue weighted by atomic mass is 10.1. The van der Waals surface area contributed by atoms with Gasteiger partial charge in [-0.3, -0.25) is 0 Å². The third kappa shape index (κ3) is 6.28. The van der Waals surface area contributed by atoms with Crippen molar-refractivity contribution in [3.05, 3.63) is 18.7 Å². The minimum absolute atomic E-state index is 0.809. The van der Waals surface area contributed by atoms with Crippen LogP contribution in [0.4, 0.5) is 0 Å². The van der Waals surface area contributed by atoms with E-state index in [-0.39, 0.29) is 0 Å². The minimum atomic E-state index is 0.809. The molecular weight excluding hydrogens is 186 g/mol. The molecular formula is C12H23N3. The maximum absolute atomic E-state index is 4.02. The normalized spacial score (nSPS) is 11.1. The van der Waals surface area contributed by atoms with Crippen molar-refractivity contribution in [2.75, 3.05) is 13.1 Å². The number of aromatic nitrogens is 2. The van der Waals surface area contributed by atoms with Crippen molar-refractivity contribution in [3.63, 3.8) is 0 Å². The molecule has 0 aliphatic rings. The monoisotopic (exact) mass is 209 g/mol. The molecule has 1 heterocycles. The van der Waals surface area contributed by atoms with Gasteiger partial charge in [0.1, 0.15) is 0 Å². The standard InChI is InChI=1S/C12H23N3/c1-12(2)5-7-13-6-3-4-9-15-10-8-14-11-15/h8,10-13H,3-7,9H2,1-2H3. The molecule has 0 fully saturated rings. The van der Waals surface area contributed by atoms with Crippen molar-refractivity contribution in [1.82, 2.24) is 14.9 Å². The molecule has 15 heavy (non-hydrogen) atoms. The number of hydrogen-bond acceptors (Lipinski definition) is 2. The van der Waals surface area contributed by atoms with Gasteiger partial charge in [0.15, 0.2) is 0 Å². The Morgan fingerprint density at radius 3 is 2.80 bits per heavy atom. The number of rotatable bonds is 8. The van der Waals surface area contributed by atoms with E-state index in [0.29, 0.717) is 0 Å². The summed E-state index contributed by atoms with van der Waals surface area (Å²) < 4.78 is 2.13. The first-order valence-electron chi connectivity index (χ1n) is 5.95. The third-order valence-electron chi connectivity index (χ3n) is 2.48. The molecule has 0 aliphatic heterocycles. The summed E-state index contributed by atoms with van der Waals surface area (Å²) in [6.45, 7) is 7.91. The zero-order valence-corrected chi connectivity index (χ0v) is 9.95. The van der Waals surface area contributed by atoms with Crippen molar-refractivity contribution in [2.45, 2.75) is 39.7 Å². The van der Waals surface area contributed by atoms with Crippen molar-refractivity contribution in [3.8, 4) is 0 Å². The SMILES string of the molecule is CC(C)CCNCCCCn1ccnc1. The fraction of sp³-hybridized carbons (Fsp3) is 0.750. The first-order chi connectivity index (χ1) is 7.29. The molecule has 0 unspecified atom stereocenters. The predicted molar refractivity (Wildman–Crippen MR) is 63.8 cm³/mol. The van der Waals surface area contributed by atoms with Crippen LogP contribution in [-0.4, -0.2) is 22.6 Å². The van der Waals surface area contributed by atoms with Crippen LogP contribution in [-0.2, 0) is 6.54 Å². The summed E-state index contributed by atoms with van der Waals surface area (Å²) in [5, 5.41) is 3.47. The predicted octanol–water partition coefficient (Wildman–Crippen LogP) is 2.30. The van der Waals surface area contributed by atoms with Crippen LogP contribution in [0.25, 0.3) is 0 Å². The number of nitrogens with one attached hydrogen (secondary N) is 1. The first-order valence-corrected chi connectivity index (χ1v) is 5.95. The van der Waals surface area contributed by atoms with E-state index >= 15 is 0 Å². The second kappa shape index (κ2) is 7.46. The molecule has 0 aromatic carbocycles. The maximum atomic E-state index is 4.02. The van der Waals surface area contributed by atoms with E-state index in [4.69, 9.17) is 0 Å². The van der Waals surface area contributed by atoms with E-state index in [1.807, 2.05) is 18.7 Å². The maximum Gasteiger partial charge on any atom is 0.0945 e. The molecule has 3 nitrogen and oxygen atoms in total. The van der Waals surface area contributed by atoms with Gasteiger partial charge in [0.2, 0.25) is 0 Å². The topological polar surface area (TPSA) is 29.9 Å². The average Bonchev–Trinajstić information content (AvgIpc) is 2.68. The van der Waals surface area contributed by atoms with Gasteiger partial charge in [-0.2, -0.15) is 0 Å². The molecule has 0 saturated heterocycles. The molecule has 1 rings (SSSR count). The zero-order valence-electron chi connectivity index (χ0n) is 9.95. The van der Waals surface area contributed by atoms with Crippen LogP contribution in [0.15, 0.2) is 18.7 Å². The van der Waals surface area contributed by atoms with E-state index in [1.54, 1.807) is 0 Å². The molecule has 0 spiro atoms. The second-order valence-corrected chi connectivity index (χ2v) is 4.44. The van der Waals surface area contributed by atoms with Crippen LogP contribution in [0, 0.1) is 5.92 Å².